The first-order valence-electron chi connectivity index (χ1n) is 9.10. The number of carbonyl (C=O) groups excluding carboxylic acids is 2. The molecule has 2 fully saturated rings. The first-order valence-corrected chi connectivity index (χ1v) is 10.9. The number of benzene rings is 2. The van der Waals surface area contributed by atoms with Crippen molar-refractivity contribution < 1.29 is 22.7 Å². The molecule has 142 valence electrons. The molecule has 0 bridgehead atoms. The zero-order chi connectivity index (χ0) is 19.0. The van der Waals surface area contributed by atoms with Crippen LogP contribution in [0.2, 0.25) is 0 Å². The minimum absolute atomic E-state index is 0.0325. The molecule has 1 amide bonds. The van der Waals surface area contributed by atoms with Gasteiger partial charge in [-0.3, -0.25) is 9.59 Å². The topological polar surface area (TPSA) is 80.8 Å². The maximum absolute atomic E-state index is 12.8. The third-order valence-corrected chi connectivity index (χ3v) is 6.98. The first kappa shape index (κ1) is 18.0. The number of amides is 1. The van der Waals surface area contributed by atoms with Crippen LogP contribution in [0.3, 0.4) is 0 Å². The highest BCUT2D eigenvalue weighted by Gasteiger charge is 2.42. The lowest BCUT2D eigenvalue weighted by Gasteiger charge is -2.28. The van der Waals surface area contributed by atoms with Gasteiger partial charge in [-0.05, 0) is 36.1 Å². The minimum atomic E-state index is -3.06. The van der Waals surface area contributed by atoms with Gasteiger partial charge in [0, 0.05) is 12.1 Å². The minimum Gasteiger partial charge on any atom is -0.483 e. The highest BCUT2D eigenvalue weighted by Crippen LogP contribution is 2.33. The Labute approximate surface area is 158 Å². The second-order valence-electron chi connectivity index (χ2n) is 7.19. The van der Waals surface area contributed by atoms with E-state index < -0.39 is 9.84 Å². The molecular weight excluding hydrogens is 366 g/mol. The Hall–Kier alpha value is -2.41. The number of hydrogen-bond donors (Lipinski definition) is 0. The summed E-state index contributed by atoms with van der Waals surface area (Å²) in [5, 5.41) is 1.70. The van der Waals surface area contributed by atoms with E-state index in [-0.39, 0.29) is 36.1 Å². The lowest BCUT2D eigenvalue weighted by atomic mass is 10.0. The molecule has 0 spiro atoms. The Bertz CT molecular complexity index is 997. The van der Waals surface area contributed by atoms with E-state index >= 15 is 0 Å². The van der Waals surface area contributed by atoms with E-state index in [1.165, 1.54) is 0 Å². The summed E-state index contributed by atoms with van der Waals surface area (Å²) in [6, 6.07) is 10.9. The van der Waals surface area contributed by atoms with Crippen LogP contribution in [0.1, 0.15) is 29.6 Å². The van der Waals surface area contributed by atoms with Crippen molar-refractivity contribution in [2.75, 3.05) is 18.1 Å². The monoisotopic (exact) mass is 387 g/mol. The maximum atomic E-state index is 12.8. The van der Waals surface area contributed by atoms with Crippen molar-refractivity contribution in [2.45, 2.75) is 31.3 Å². The molecule has 7 heteroatoms. The quantitative estimate of drug-likeness (QED) is 0.710. The smallest absolute Gasteiger partial charge is 0.261 e. The SMILES string of the molecule is O=Cc1c(OCC(=O)N(C2CC2)[C@H]2CCS(=O)(=O)C2)ccc2ccccc12. The van der Waals surface area contributed by atoms with Crippen LogP contribution in [-0.2, 0) is 14.6 Å². The molecule has 1 aliphatic heterocycles. The number of carbonyl (C=O) groups is 2. The molecule has 2 aromatic rings. The van der Waals surface area contributed by atoms with Gasteiger partial charge in [0.05, 0.1) is 17.1 Å². The molecule has 0 aromatic heterocycles. The normalized spacial score (nSPS) is 21.1. The Morgan fingerprint density at radius 1 is 1.11 bits per heavy atom. The third kappa shape index (κ3) is 3.69. The van der Waals surface area contributed by atoms with Crippen LogP contribution >= 0.6 is 0 Å². The summed E-state index contributed by atoms with van der Waals surface area (Å²) in [6.07, 6.45) is 3.03. The molecule has 1 atom stereocenters. The number of fused-ring (bicyclic) bond motifs is 1. The lowest BCUT2D eigenvalue weighted by molar-refractivity contribution is -0.135. The van der Waals surface area contributed by atoms with E-state index in [9.17, 15) is 18.0 Å². The number of nitrogens with zero attached hydrogens (tertiary/aromatic N) is 1. The summed E-state index contributed by atoms with van der Waals surface area (Å²) in [6.45, 7) is -0.202. The van der Waals surface area contributed by atoms with Crippen LogP contribution in [0.5, 0.6) is 5.75 Å². The zero-order valence-corrected chi connectivity index (χ0v) is 15.7. The van der Waals surface area contributed by atoms with Crippen molar-refractivity contribution in [1.29, 1.82) is 0 Å². The zero-order valence-electron chi connectivity index (χ0n) is 14.8. The molecule has 1 saturated carbocycles. The standard InChI is InChI=1S/C20H21NO5S/c22-11-18-17-4-2-1-3-14(17)5-8-19(18)26-12-20(23)21(15-6-7-15)16-9-10-27(24,25)13-16/h1-5,8,11,15-16H,6-7,9-10,12-13H2/t16-/m0/s1. The Balaban J connectivity index is 1.51. The van der Waals surface area contributed by atoms with Crippen LogP contribution in [0.15, 0.2) is 36.4 Å². The molecule has 1 heterocycles. The maximum Gasteiger partial charge on any atom is 0.261 e. The summed E-state index contributed by atoms with van der Waals surface area (Å²) >= 11 is 0. The third-order valence-electron chi connectivity index (χ3n) is 5.23. The van der Waals surface area contributed by atoms with E-state index in [4.69, 9.17) is 4.74 Å². The Morgan fingerprint density at radius 3 is 2.56 bits per heavy atom. The second-order valence-corrected chi connectivity index (χ2v) is 9.42. The highest BCUT2D eigenvalue weighted by molar-refractivity contribution is 7.91. The average molecular weight is 387 g/mol. The Morgan fingerprint density at radius 2 is 1.89 bits per heavy atom. The van der Waals surface area contributed by atoms with Crippen molar-refractivity contribution in [1.82, 2.24) is 4.90 Å². The summed E-state index contributed by atoms with van der Waals surface area (Å²) in [5.41, 5.74) is 0.419. The van der Waals surface area contributed by atoms with Gasteiger partial charge in [0.15, 0.2) is 22.7 Å². The van der Waals surface area contributed by atoms with Gasteiger partial charge in [-0.15, -0.1) is 0 Å². The first-order chi connectivity index (χ1) is 13.0. The molecule has 27 heavy (non-hydrogen) atoms. The van der Waals surface area contributed by atoms with Crippen molar-refractivity contribution in [3.05, 3.63) is 42.0 Å². The van der Waals surface area contributed by atoms with E-state index in [1.54, 1.807) is 11.0 Å². The van der Waals surface area contributed by atoms with Gasteiger partial charge in [0.1, 0.15) is 5.75 Å². The summed E-state index contributed by atoms with van der Waals surface area (Å²) in [4.78, 5) is 26.1. The molecule has 1 saturated heterocycles. The van der Waals surface area contributed by atoms with E-state index in [0.29, 0.717) is 17.7 Å². The van der Waals surface area contributed by atoms with Gasteiger partial charge in [0.2, 0.25) is 0 Å². The van der Waals surface area contributed by atoms with Gasteiger partial charge in [0.25, 0.3) is 5.91 Å². The van der Waals surface area contributed by atoms with Crippen LogP contribution in [-0.4, -0.2) is 55.7 Å². The van der Waals surface area contributed by atoms with Crippen molar-refractivity contribution in [3.63, 3.8) is 0 Å². The molecule has 1 aliphatic carbocycles. The summed E-state index contributed by atoms with van der Waals surface area (Å²) in [7, 11) is -3.06. The predicted molar refractivity (Wildman–Crippen MR) is 102 cm³/mol. The molecular formula is C20H21NO5S. The van der Waals surface area contributed by atoms with E-state index in [2.05, 4.69) is 0 Å². The summed E-state index contributed by atoms with van der Waals surface area (Å²) in [5.74, 6) is 0.316. The largest absolute Gasteiger partial charge is 0.483 e. The number of sulfone groups is 1. The molecule has 0 radical (unpaired) electrons. The van der Waals surface area contributed by atoms with Crippen LogP contribution in [0.4, 0.5) is 0 Å². The fourth-order valence-corrected chi connectivity index (χ4v) is 5.50. The van der Waals surface area contributed by atoms with Gasteiger partial charge in [-0.25, -0.2) is 8.42 Å². The predicted octanol–water partition coefficient (Wildman–Crippen LogP) is 2.21. The molecule has 4 rings (SSSR count). The fourth-order valence-electron chi connectivity index (χ4n) is 3.79. The molecule has 2 aliphatic rings. The number of ether oxygens (including phenoxy) is 1. The van der Waals surface area contributed by atoms with E-state index in [1.807, 2.05) is 30.3 Å². The van der Waals surface area contributed by atoms with Crippen LogP contribution in [0.25, 0.3) is 10.8 Å². The van der Waals surface area contributed by atoms with Gasteiger partial charge >= 0.3 is 0 Å². The second kappa shape index (κ2) is 6.96. The molecule has 0 N–H and O–H groups in total. The fraction of sp³-hybridized carbons (Fsp3) is 0.400. The lowest BCUT2D eigenvalue weighted by Crippen LogP contribution is -2.45. The van der Waals surface area contributed by atoms with Crippen LogP contribution in [0, 0.1) is 0 Å². The van der Waals surface area contributed by atoms with Crippen molar-refractivity contribution >= 4 is 32.8 Å². The van der Waals surface area contributed by atoms with Gasteiger partial charge < -0.3 is 9.64 Å². The Kier molecular flexibility index (Phi) is 4.63. The van der Waals surface area contributed by atoms with Gasteiger partial charge in [-0.1, -0.05) is 30.3 Å². The number of hydrogen-bond acceptors (Lipinski definition) is 5. The summed E-state index contributed by atoms with van der Waals surface area (Å²) < 4.78 is 29.3. The number of aldehydes is 1. The average Bonchev–Trinajstić information content (AvgIpc) is 3.42. The van der Waals surface area contributed by atoms with Crippen molar-refractivity contribution in [3.8, 4) is 5.75 Å². The van der Waals surface area contributed by atoms with Crippen LogP contribution < -0.4 is 4.74 Å². The highest BCUT2D eigenvalue weighted by atomic mass is 32.2. The van der Waals surface area contributed by atoms with Gasteiger partial charge in [-0.2, -0.15) is 0 Å². The number of rotatable bonds is 6. The molecule has 0 unspecified atom stereocenters. The van der Waals surface area contributed by atoms with Crippen molar-refractivity contribution in [2.24, 2.45) is 0 Å². The van der Waals surface area contributed by atoms with E-state index in [0.717, 1.165) is 29.9 Å². The molecule has 2 aromatic carbocycles. The molecule has 6 nitrogen and oxygen atoms in total.